The lowest BCUT2D eigenvalue weighted by Gasteiger charge is -2.28. The number of nitrogens with zero attached hydrogens (tertiary/aromatic N) is 4. The van der Waals surface area contributed by atoms with E-state index in [0.717, 1.165) is 25.9 Å². The maximum Gasteiger partial charge on any atom is 0.237 e. The van der Waals surface area contributed by atoms with E-state index in [9.17, 15) is 12.8 Å². The van der Waals surface area contributed by atoms with Crippen molar-refractivity contribution in [3.63, 3.8) is 0 Å². The molecule has 27 heavy (non-hydrogen) atoms. The van der Waals surface area contributed by atoms with Gasteiger partial charge in [0.1, 0.15) is 11.5 Å². The molecular weight excluding hydrogens is 369 g/mol. The summed E-state index contributed by atoms with van der Waals surface area (Å²) in [6.07, 6.45) is 4.90. The maximum atomic E-state index is 13.3. The molecule has 1 aromatic heterocycles. The molecule has 0 amide bonds. The van der Waals surface area contributed by atoms with Crippen LogP contribution in [0, 0.1) is 5.82 Å². The highest BCUT2D eigenvalue weighted by Crippen LogP contribution is 2.26. The number of aromatic nitrogens is 2. The maximum absolute atomic E-state index is 13.3. The van der Waals surface area contributed by atoms with Crippen LogP contribution in [-0.4, -0.2) is 45.6 Å². The molecule has 9 heteroatoms. The van der Waals surface area contributed by atoms with Crippen LogP contribution in [0.5, 0.6) is 0 Å². The molecule has 1 N–H and O–H groups in total. The molecule has 7 nitrogen and oxygen atoms in total. The second kappa shape index (κ2) is 8.08. The Morgan fingerprint density at radius 3 is 2.63 bits per heavy atom. The molecule has 1 aliphatic heterocycles. The zero-order valence-corrected chi connectivity index (χ0v) is 16.3. The molecule has 1 aliphatic rings. The zero-order chi connectivity index (χ0) is 19.4. The van der Waals surface area contributed by atoms with Gasteiger partial charge < -0.3 is 9.80 Å². The van der Waals surface area contributed by atoms with Gasteiger partial charge in [0, 0.05) is 27.2 Å². The van der Waals surface area contributed by atoms with Crippen molar-refractivity contribution in [3.05, 3.63) is 41.8 Å². The summed E-state index contributed by atoms with van der Waals surface area (Å²) in [5, 5.41) is 0. The van der Waals surface area contributed by atoms with Crippen LogP contribution in [0.1, 0.15) is 24.8 Å². The second-order valence-electron chi connectivity index (χ2n) is 6.84. The molecule has 0 aliphatic carbocycles. The van der Waals surface area contributed by atoms with Crippen molar-refractivity contribution in [3.8, 4) is 0 Å². The molecule has 146 valence electrons. The first-order valence-electron chi connectivity index (χ1n) is 8.88. The number of halogens is 1. The quantitative estimate of drug-likeness (QED) is 0.813. The summed E-state index contributed by atoms with van der Waals surface area (Å²) in [5.41, 5.74) is 0.678. The average molecular weight is 393 g/mol. The smallest absolute Gasteiger partial charge is 0.237 e. The van der Waals surface area contributed by atoms with Crippen LogP contribution >= 0.6 is 0 Å². The van der Waals surface area contributed by atoms with E-state index < -0.39 is 15.8 Å². The van der Waals surface area contributed by atoms with Gasteiger partial charge >= 0.3 is 0 Å². The van der Waals surface area contributed by atoms with Gasteiger partial charge in [0.25, 0.3) is 0 Å². The Morgan fingerprint density at radius 1 is 1.22 bits per heavy atom. The van der Waals surface area contributed by atoms with E-state index >= 15 is 0 Å². The van der Waals surface area contributed by atoms with E-state index in [4.69, 9.17) is 0 Å². The molecule has 3 rings (SSSR count). The van der Waals surface area contributed by atoms with Crippen LogP contribution in [0.2, 0.25) is 0 Å². The molecule has 2 heterocycles. The van der Waals surface area contributed by atoms with Gasteiger partial charge in [-0.1, -0.05) is 12.1 Å². The number of anilines is 3. The Morgan fingerprint density at radius 2 is 1.96 bits per heavy atom. The standard InChI is InChI=1S/C18H24FN5O2S/c1-23(2)17-16(12-20-18(21-17)24-9-4-3-5-10-24)22-27(25,26)13-14-7-6-8-15(19)11-14/h6-8,11-12,22H,3-5,9-10,13H2,1-2H3. The summed E-state index contributed by atoms with van der Waals surface area (Å²) < 4.78 is 40.9. The number of sulfonamides is 1. The lowest BCUT2D eigenvalue weighted by Crippen LogP contribution is -2.31. The van der Waals surface area contributed by atoms with Gasteiger partial charge in [0.05, 0.1) is 11.9 Å². The van der Waals surface area contributed by atoms with Crippen LogP contribution in [0.3, 0.4) is 0 Å². The molecule has 0 bridgehead atoms. The van der Waals surface area contributed by atoms with Gasteiger partial charge in [0.15, 0.2) is 5.82 Å². The first-order valence-corrected chi connectivity index (χ1v) is 10.5. The molecule has 0 radical (unpaired) electrons. The summed E-state index contributed by atoms with van der Waals surface area (Å²) in [7, 11) is -0.139. The van der Waals surface area contributed by atoms with Crippen LogP contribution in [-0.2, 0) is 15.8 Å². The summed E-state index contributed by atoms with van der Waals surface area (Å²) in [5.74, 6) is 0.302. The number of piperidine rings is 1. The first-order chi connectivity index (χ1) is 12.8. The highest BCUT2D eigenvalue weighted by atomic mass is 32.2. The minimum Gasteiger partial charge on any atom is -0.361 e. The zero-order valence-electron chi connectivity index (χ0n) is 15.5. The molecular formula is C18H24FN5O2S. The molecule has 0 unspecified atom stereocenters. The predicted molar refractivity (Wildman–Crippen MR) is 105 cm³/mol. The summed E-state index contributed by atoms with van der Waals surface area (Å²) >= 11 is 0. The van der Waals surface area contributed by atoms with Gasteiger partial charge in [-0.25, -0.2) is 17.8 Å². The van der Waals surface area contributed by atoms with E-state index in [1.807, 2.05) is 0 Å². The minimum atomic E-state index is -3.74. The van der Waals surface area contributed by atoms with Gasteiger partial charge in [-0.05, 0) is 37.0 Å². The molecule has 1 fully saturated rings. The normalized spacial score (nSPS) is 14.9. The highest BCUT2D eigenvalue weighted by Gasteiger charge is 2.20. The number of rotatable bonds is 6. The number of hydrogen-bond acceptors (Lipinski definition) is 6. The van der Waals surface area contributed by atoms with Crippen molar-refractivity contribution in [2.75, 3.05) is 41.7 Å². The third-order valence-electron chi connectivity index (χ3n) is 4.33. The number of nitrogens with one attached hydrogen (secondary N) is 1. The van der Waals surface area contributed by atoms with Crippen molar-refractivity contribution in [2.24, 2.45) is 0 Å². The highest BCUT2D eigenvalue weighted by molar-refractivity contribution is 7.91. The van der Waals surface area contributed by atoms with E-state index in [1.54, 1.807) is 25.1 Å². The summed E-state index contributed by atoms with van der Waals surface area (Å²) in [6.45, 7) is 1.80. The topological polar surface area (TPSA) is 78.4 Å². The van der Waals surface area contributed by atoms with E-state index in [-0.39, 0.29) is 5.75 Å². The van der Waals surface area contributed by atoms with Crippen LogP contribution in [0.25, 0.3) is 0 Å². The molecule has 0 atom stereocenters. The average Bonchev–Trinajstić information content (AvgIpc) is 2.62. The Bertz CT molecular complexity index is 898. The van der Waals surface area contributed by atoms with Crippen molar-refractivity contribution in [1.29, 1.82) is 0 Å². The molecule has 0 spiro atoms. The number of benzene rings is 1. The Labute approximate surface area is 159 Å². The van der Waals surface area contributed by atoms with Gasteiger partial charge in [0.2, 0.25) is 16.0 Å². The van der Waals surface area contributed by atoms with E-state index in [1.165, 1.54) is 30.8 Å². The van der Waals surface area contributed by atoms with Gasteiger partial charge in [-0.15, -0.1) is 0 Å². The van der Waals surface area contributed by atoms with Crippen molar-refractivity contribution in [2.45, 2.75) is 25.0 Å². The van der Waals surface area contributed by atoms with Crippen LogP contribution in [0.4, 0.5) is 21.8 Å². The largest absolute Gasteiger partial charge is 0.361 e. The van der Waals surface area contributed by atoms with Crippen LogP contribution < -0.4 is 14.5 Å². The Kier molecular flexibility index (Phi) is 5.79. The van der Waals surface area contributed by atoms with Crippen LogP contribution in [0.15, 0.2) is 30.5 Å². The first kappa shape index (κ1) is 19.3. The SMILES string of the molecule is CN(C)c1nc(N2CCCCC2)ncc1NS(=O)(=O)Cc1cccc(F)c1. The van der Waals surface area contributed by atoms with Gasteiger partial charge in [-0.2, -0.15) is 4.98 Å². The fraction of sp³-hybridized carbons (Fsp3) is 0.444. The summed E-state index contributed by atoms with van der Waals surface area (Å²) in [6, 6.07) is 5.55. The third-order valence-corrected chi connectivity index (χ3v) is 5.57. The van der Waals surface area contributed by atoms with E-state index in [2.05, 4.69) is 19.6 Å². The lowest BCUT2D eigenvalue weighted by molar-refractivity contribution is 0.568. The van der Waals surface area contributed by atoms with Crippen molar-refractivity contribution < 1.29 is 12.8 Å². The van der Waals surface area contributed by atoms with Gasteiger partial charge in [-0.3, -0.25) is 4.72 Å². The van der Waals surface area contributed by atoms with E-state index in [0.29, 0.717) is 23.0 Å². The fourth-order valence-corrected chi connectivity index (χ4v) is 4.24. The minimum absolute atomic E-state index is 0.303. The third kappa shape index (κ3) is 5.06. The van der Waals surface area contributed by atoms with Crippen molar-refractivity contribution in [1.82, 2.24) is 9.97 Å². The molecule has 1 aromatic carbocycles. The Balaban J connectivity index is 1.82. The molecule has 2 aromatic rings. The lowest BCUT2D eigenvalue weighted by atomic mass is 10.1. The monoisotopic (exact) mass is 393 g/mol. The summed E-state index contributed by atoms with van der Waals surface area (Å²) in [4.78, 5) is 12.8. The van der Waals surface area contributed by atoms with Crippen molar-refractivity contribution >= 4 is 27.5 Å². The predicted octanol–water partition coefficient (Wildman–Crippen LogP) is 2.61. The molecule has 1 saturated heterocycles. The molecule has 0 saturated carbocycles. The fourth-order valence-electron chi connectivity index (χ4n) is 3.07. The number of hydrogen-bond donors (Lipinski definition) is 1. The Hall–Kier alpha value is -2.42. The second-order valence-corrected chi connectivity index (χ2v) is 8.56.